The average molecular weight is 444 g/mol. The summed E-state index contributed by atoms with van der Waals surface area (Å²) in [5.74, 6) is -2.49. The number of nitrogens with zero attached hydrogens (tertiary/aromatic N) is 2. The fourth-order valence-corrected chi connectivity index (χ4v) is 4.71. The zero-order valence-electron chi connectivity index (χ0n) is 18.2. The van der Waals surface area contributed by atoms with Gasteiger partial charge in [0.15, 0.2) is 6.61 Å². The molecule has 1 aliphatic carbocycles. The van der Waals surface area contributed by atoms with Crippen LogP contribution < -0.4 is 10.2 Å². The molecule has 3 amide bonds. The smallest absolute Gasteiger partial charge is 0.329 e. The molecular formula is C23H29N3O6. The van der Waals surface area contributed by atoms with Gasteiger partial charge in [-0.15, -0.1) is 0 Å². The van der Waals surface area contributed by atoms with Crippen LogP contribution in [0.15, 0.2) is 24.3 Å². The summed E-state index contributed by atoms with van der Waals surface area (Å²) in [5.41, 5.74) is 1.64. The Morgan fingerprint density at radius 2 is 1.66 bits per heavy atom. The van der Waals surface area contributed by atoms with Crippen LogP contribution in [0, 0.1) is 11.8 Å². The number of hydrogen-bond acceptors (Lipinski definition) is 7. The molecule has 3 aliphatic rings. The minimum atomic E-state index is -1.04. The van der Waals surface area contributed by atoms with Crippen molar-refractivity contribution in [1.29, 1.82) is 0 Å². The number of ether oxygens (including phenoxy) is 2. The highest BCUT2D eigenvalue weighted by molar-refractivity contribution is 6.08. The van der Waals surface area contributed by atoms with E-state index in [0.717, 1.165) is 36.5 Å². The van der Waals surface area contributed by atoms with Crippen molar-refractivity contribution in [2.75, 3.05) is 43.1 Å². The molecule has 0 radical (unpaired) electrons. The van der Waals surface area contributed by atoms with E-state index in [2.05, 4.69) is 10.2 Å². The van der Waals surface area contributed by atoms with Crippen LogP contribution in [0.2, 0.25) is 0 Å². The van der Waals surface area contributed by atoms with Gasteiger partial charge in [-0.05, 0) is 44.0 Å². The second-order valence-electron chi connectivity index (χ2n) is 8.52. The number of carbonyl (C=O) groups is 4. The molecule has 3 atom stereocenters. The highest BCUT2D eigenvalue weighted by Gasteiger charge is 2.51. The molecule has 2 saturated heterocycles. The summed E-state index contributed by atoms with van der Waals surface area (Å²) in [6.45, 7) is 4.01. The van der Waals surface area contributed by atoms with E-state index in [1.807, 2.05) is 12.1 Å². The van der Waals surface area contributed by atoms with Crippen molar-refractivity contribution in [3.05, 3.63) is 24.3 Å². The van der Waals surface area contributed by atoms with Crippen molar-refractivity contribution >= 4 is 35.1 Å². The van der Waals surface area contributed by atoms with Gasteiger partial charge in [0.1, 0.15) is 6.04 Å². The third-order valence-electron chi connectivity index (χ3n) is 6.48. The summed E-state index contributed by atoms with van der Waals surface area (Å²) in [4.78, 5) is 53.1. The van der Waals surface area contributed by atoms with E-state index in [-0.39, 0.29) is 23.7 Å². The van der Waals surface area contributed by atoms with E-state index in [1.54, 1.807) is 12.1 Å². The summed E-state index contributed by atoms with van der Waals surface area (Å²) in [6, 6.07) is 6.37. The van der Waals surface area contributed by atoms with E-state index in [0.29, 0.717) is 31.7 Å². The van der Waals surface area contributed by atoms with Gasteiger partial charge in [0.05, 0.1) is 25.0 Å². The van der Waals surface area contributed by atoms with E-state index in [9.17, 15) is 19.2 Å². The topological polar surface area (TPSA) is 105 Å². The molecule has 9 nitrogen and oxygen atoms in total. The van der Waals surface area contributed by atoms with Gasteiger partial charge >= 0.3 is 5.97 Å². The van der Waals surface area contributed by atoms with Crippen LogP contribution in [0.3, 0.4) is 0 Å². The average Bonchev–Trinajstić information content (AvgIpc) is 3.08. The van der Waals surface area contributed by atoms with Crippen LogP contribution in [-0.2, 0) is 28.7 Å². The van der Waals surface area contributed by atoms with E-state index < -0.39 is 24.5 Å². The van der Waals surface area contributed by atoms with Gasteiger partial charge in [-0.25, -0.2) is 4.79 Å². The van der Waals surface area contributed by atoms with Crippen molar-refractivity contribution in [2.24, 2.45) is 11.8 Å². The number of carbonyl (C=O) groups excluding carboxylic acids is 4. The number of rotatable bonds is 6. The molecule has 2 aliphatic heterocycles. The van der Waals surface area contributed by atoms with E-state index in [1.165, 1.54) is 6.92 Å². The van der Waals surface area contributed by atoms with Crippen molar-refractivity contribution < 1.29 is 28.7 Å². The second kappa shape index (κ2) is 9.68. The predicted octanol–water partition coefficient (Wildman–Crippen LogP) is 1.57. The number of anilines is 2. The standard InChI is InChI=1S/C23H29N3O6/c1-15(26-21(28)18-4-2-3-5-19(18)22(26)29)23(30)32-14-20(27)24-16-6-8-17(9-7-16)25-10-12-31-13-11-25/h6-9,15,18-19H,2-5,10-14H2,1H3,(H,24,27). The maximum Gasteiger partial charge on any atom is 0.329 e. The molecule has 1 saturated carbocycles. The molecule has 0 spiro atoms. The maximum absolute atomic E-state index is 12.6. The first-order chi connectivity index (χ1) is 15.5. The van der Waals surface area contributed by atoms with Crippen molar-refractivity contribution in [2.45, 2.75) is 38.6 Å². The number of nitrogens with one attached hydrogen (secondary N) is 1. The number of morpholine rings is 1. The molecule has 2 heterocycles. The highest BCUT2D eigenvalue weighted by Crippen LogP contribution is 2.38. The lowest BCUT2D eigenvalue weighted by atomic mass is 9.81. The molecule has 1 aromatic carbocycles. The number of benzene rings is 1. The Morgan fingerprint density at radius 3 is 2.25 bits per heavy atom. The predicted molar refractivity (Wildman–Crippen MR) is 116 cm³/mol. The maximum atomic E-state index is 12.6. The van der Waals surface area contributed by atoms with Crippen molar-refractivity contribution in [1.82, 2.24) is 4.90 Å². The number of hydrogen-bond donors (Lipinski definition) is 1. The lowest BCUT2D eigenvalue weighted by molar-refractivity contribution is -0.159. The zero-order chi connectivity index (χ0) is 22.7. The van der Waals surface area contributed by atoms with Crippen molar-refractivity contribution in [3.8, 4) is 0 Å². The van der Waals surface area contributed by atoms with Crippen LogP contribution in [0.4, 0.5) is 11.4 Å². The summed E-state index contributed by atoms with van der Waals surface area (Å²) in [6.07, 6.45) is 3.20. The molecule has 32 heavy (non-hydrogen) atoms. The molecule has 172 valence electrons. The Labute approximate surface area is 187 Å². The summed E-state index contributed by atoms with van der Waals surface area (Å²) < 4.78 is 10.4. The first kappa shape index (κ1) is 22.3. The van der Waals surface area contributed by atoms with Crippen LogP contribution in [-0.4, -0.2) is 67.5 Å². The highest BCUT2D eigenvalue weighted by atomic mass is 16.5. The number of amides is 3. The summed E-state index contributed by atoms with van der Waals surface area (Å²) >= 11 is 0. The third kappa shape index (κ3) is 4.62. The Balaban J connectivity index is 1.27. The largest absolute Gasteiger partial charge is 0.454 e. The first-order valence-electron chi connectivity index (χ1n) is 11.2. The van der Waals surface area contributed by atoms with E-state index >= 15 is 0 Å². The molecule has 1 N–H and O–H groups in total. The Bertz CT molecular complexity index is 856. The zero-order valence-corrected chi connectivity index (χ0v) is 18.2. The van der Waals surface area contributed by atoms with Crippen LogP contribution in [0.25, 0.3) is 0 Å². The van der Waals surface area contributed by atoms with Gasteiger partial charge < -0.3 is 19.7 Å². The lowest BCUT2D eigenvalue weighted by Crippen LogP contribution is -2.45. The van der Waals surface area contributed by atoms with Gasteiger partial charge in [-0.2, -0.15) is 0 Å². The molecule has 3 fully saturated rings. The first-order valence-corrected chi connectivity index (χ1v) is 11.2. The second-order valence-corrected chi connectivity index (χ2v) is 8.52. The SMILES string of the molecule is CC(C(=O)OCC(=O)Nc1ccc(N2CCOCC2)cc1)N1C(=O)C2CCCCC2C1=O. The third-order valence-corrected chi connectivity index (χ3v) is 6.48. The molecule has 4 rings (SSSR count). The fraction of sp³-hybridized carbons (Fsp3) is 0.565. The Morgan fingerprint density at radius 1 is 1.06 bits per heavy atom. The fourth-order valence-electron chi connectivity index (χ4n) is 4.71. The Hall–Kier alpha value is -2.94. The lowest BCUT2D eigenvalue weighted by Gasteiger charge is -2.28. The minimum Gasteiger partial charge on any atom is -0.454 e. The number of esters is 1. The Kier molecular flexibility index (Phi) is 6.74. The summed E-state index contributed by atoms with van der Waals surface area (Å²) in [7, 11) is 0. The van der Waals surface area contributed by atoms with Crippen LogP contribution in [0.5, 0.6) is 0 Å². The normalized spacial score (nSPS) is 24.2. The number of imide groups is 1. The monoisotopic (exact) mass is 443 g/mol. The quantitative estimate of drug-likeness (QED) is 0.526. The number of fused-ring (bicyclic) bond motifs is 1. The molecule has 1 aromatic rings. The van der Waals surface area contributed by atoms with Gasteiger partial charge in [0.25, 0.3) is 5.91 Å². The van der Waals surface area contributed by atoms with Crippen molar-refractivity contribution in [3.63, 3.8) is 0 Å². The van der Waals surface area contributed by atoms with Gasteiger partial charge in [-0.1, -0.05) is 12.8 Å². The molecule has 9 heteroatoms. The minimum absolute atomic E-state index is 0.297. The van der Waals surface area contributed by atoms with E-state index in [4.69, 9.17) is 9.47 Å². The summed E-state index contributed by atoms with van der Waals surface area (Å²) in [5, 5.41) is 2.69. The molecular weight excluding hydrogens is 414 g/mol. The molecule has 0 aromatic heterocycles. The van der Waals surface area contributed by atoms with Gasteiger partial charge in [0.2, 0.25) is 11.8 Å². The number of likely N-dealkylation sites (tertiary alicyclic amines) is 1. The van der Waals surface area contributed by atoms with Crippen LogP contribution >= 0.6 is 0 Å². The van der Waals surface area contributed by atoms with Gasteiger partial charge in [-0.3, -0.25) is 19.3 Å². The molecule has 3 unspecified atom stereocenters. The van der Waals surface area contributed by atoms with Gasteiger partial charge in [0, 0.05) is 24.5 Å². The van der Waals surface area contributed by atoms with Crippen LogP contribution in [0.1, 0.15) is 32.6 Å². The molecule has 0 bridgehead atoms.